The maximum Gasteiger partial charge on any atom is 0.219 e. The van der Waals surface area contributed by atoms with E-state index in [1.54, 1.807) is 12.0 Å². The zero-order chi connectivity index (χ0) is 13.9. The smallest absolute Gasteiger partial charge is 0.219 e. The zero-order valence-electron chi connectivity index (χ0n) is 11.6. The van der Waals surface area contributed by atoms with Crippen molar-refractivity contribution in [2.75, 3.05) is 18.1 Å². The van der Waals surface area contributed by atoms with E-state index in [9.17, 15) is 4.79 Å². The standard InChI is InChI=1S/C15H22O2S2/c1-3-17-19-12-13(2)8-7-11-18-15(16)14-9-5-4-6-10-14/h4-6,9-10,13H,3,7-8,11-12H2,1-2H3/t13-/m0/s1. The summed E-state index contributed by atoms with van der Waals surface area (Å²) in [6.07, 6.45) is 2.23. The third-order valence-corrected chi connectivity index (χ3v) is 4.74. The summed E-state index contributed by atoms with van der Waals surface area (Å²) in [7, 11) is 0. The lowest BCUT2D eigenvalue weighted by Gasteiger charge is -2.09. The molecule has 0 aliphatic carbocycles. The molecule has 19 heavy (non-hydrogen) atoms. The summed E-state index contributed by atoms with van der Waals surface area (Å²) >= 11 is 2.97. The topological polar surface area (TPSA) is 26.3 Å². The molecule has 4 heteroatoms. The summed E-state index contributed by atoms with van der Waals surface area (Å²) in [4.78, 5) is 11.8. The predicted octanol–water partition coefficient (Wildman–Crippen LogP) is 4.66. The minimum absolute atomic E-state index is 0.178. The van der Waals surface area contributed by atoms with Crippen LogP contribution >= 0.6 is 23.8 Å². The van der Waals surface area contributed by atoms with Crippen LogP contribution in [-0.2, 0) is 4.18 Å². The first-order chi connectivity index (χ1) is 9.24. The van der Waals surface area contributed by atoms with Crippen molar-refractivity contribution >= 4 is 28.9 Å². The second kappa shape index (κ2) is 10.4. The van der Waals surface area contributed by atoms with Gasteiger partial charge in [0.15, 0.2) is 0 Å². The summed E-state index contributed by atoms with van der Waals surface area (Å²) in [5.41, 5.74) is 0.799. The highest BCUT2D eigenvalue weighted by Crippen LogP contribution is 2.18. The first kappa shape index (κ1) is 16.6. The third-order valence-electron chi connectivity index (χ3n) is 2.64. The van der Waals surface area contributed by atoms with Gasteiger partial charge in [-0.3, -0.25) is 4.79 Å². The first-order valence-corrected chi connectivity index (χ1v) is 8.60. The van der Waals surface area contributed by atoms with Gasteiger partial charge in [0.2, 0.25) is 5.12 Å². The summed E-state index contributed by atoms with van der Waals surface area (Å²) in [5.74, 6) is 2.58. The van der Waals surface area contributed by atoms with Gasteiger partial charge in [-0.25, -0.2) is 0 Å². The predicted molar refractivity (Wildman–Crippen MR) is 85.7 cm³/mol. The van der Waals surface area contributed by atoms with Gasteiger partial charge in [0.25, 0.3) is 0 Å². The Labute approximate surface area is 124 Å². The lowest BCUT2D eigenvalue weighted by atomic mass is 10.1. The van der Waals surface area contributed by atoms with Crippen LogP contribution in [0.3, 0.4) is 0 Å². The van der Waals surface area contributed by atoms with Gasteiger partial charge in [-0.2, -0.15) is 0 Å². The van der Waals surface area contributed by atoms with Crippen LogP contribution in [0.25, 0.3) is 0 Å². The molecule has 1 atom stereocenters. The van der Waals surface area contributed by atoms with Crippen LogP contribution in [0.1, 0.15) is 37.0 Å². The van der Waals surface area contributed by atoms with E-state index in [0.29, 0.717) is 5.92 Å². The van der Waals surface area contributed by atoms with Gasteiger partial charge >= 0.3 is 0 Å². The lowest BCUT2D eigenvalue weighted by molar-refractivity contribution is 0.108. The normalized spacial score (nSPS) is 12.3. The number of thioether (sulfide) groups is 1. The largest absolute Gasteiger partial charge is 0.316 e. The fourth-order valence-corrected chi connectivity index (χ4v) is 3.05. The van der Waals surface area contributed by atoms with E-state index in [2.05, 4.69) is 6.92 Å². The average molecular weight is 298 g/mol. The molecule has 0 saturated carbocycles. The molecule has 0 aliphatic heterocycles. The van der Waals surface area contributed by atoms with Crippen molar-refractivity contribution in [3.8, 4) is 0 Å². The van der Waals surface area contributed by atoms with Gasteiger partial charge in [0.05, 0.1) is 6.61 Å². The maximum absolute atomic E-state index is 11.8. The Balaban J connectivity index is 2.09. The molecule has 0 aromatic heterocycles. The number of benzene rings is 1. The van der Waals surface area contributed by atoms with Gasteiger partial charge in [-0.05, 0) is 37.7 Å². The molecular weight excluding hydrogens is 276 g/mol. The van der Waals surface area contributed by atoms with Crippen molar-refractivity contribution in [1.82, 2.24) is 0 Å². The molecule has 0 N–H and O–H groups in total. The molecule has 0 saturated heterocycles. The number of carbonyl (C=O) groups excluding carboxylic acids is 1. The van der Waals surface area contributed by atoms with E-state index in [1.807, 2.05) is 37.3 Å². The Morgan fingerprint density at radius 2 is 2.05 bits per heavy atom. The van der Waals surface area contributed by atoms with Gasteiger partial charge < -0.3 is 4.18 Å². The summed E-state index contributed by atoms with van der Waals surface area (Å²) < 4.78 is 5.26. The monoisotopic (exact) mass is 298 g/mol. The van der Waals surface area contributed by atoms with Crippen molar-refractivity contribution in [1.29, 1.82) is 0 Å². The van der Waals surface area contributed by atoms with E-state index in [1.165, 1.54) is 11.8 Å². The van der Waals surface area contributed by atoms with E-state index < -0.39 is 0 Å². The molecule has 106 valence electrons. The van der Waals surface area contributed by atoms with Crippen LogP contribution in [0.15, 0.2) is 30.3 Å². The average Bonchev–Trinajstić information content (AvgIpc) is 2.44. The van der Waals surface area contributed by atoms with Gasteiger partial charge in [0, 0.05) is 17.1 Å². The lowest BCUT2D eigenvalue weighted by Crippen LogP contribution is -2.01. The molecule has 0 radical (unpaired) electrons. The van der Waals surface area contributed by atoms with Gasteiger partial charge in [0.1, 0.15) is 0 Å². The Bertz CT molecular complexity index is 354. The van der Waals surface area contributed by atoms with E-state index >= 15 is 0 Å². The first-order valence-electron chi connectivity index (χ1n) is 6.70. The van der Waals surface area contributed by atoms with Crippen molar-refractivity contribution < 1.29 is 8.98 Å². The molecule has 1 aromatic rings. The Hall–Kier alpha value is -0.450. The van der Waals surface area contributed by atoms with Gasteiger partial charge in [-0.15, -0.1) is 0 Å². The second-order valence-corrected chi connectivity index (χ2v) is 6.31. The van der Waals surface area contributed by atoms with Gasteiger partial charge in [-0.1, -0.05) is 49.0 Å². The Morgan fingerprint density at radius 3 is 2.74 bits per heavy atom. The van der Waals surface area contributed by atoms with Crippen molar-refractivity contribution in [3.63, 3.8) is 0 Å². The molecule has 1 rings (SSSR count). The van der Waals surface area contributed by atoms with E-state index in [4.69, 9.17) is 4.18 Å². The van der Waals surface area contributed by atoms with E-state index in [0.717, 1.165) is 36.5 Å². The van der Waals surface area contributed by atoms with Crippen LogP contribution in [-0.4, -0.2) is 23.2 Å². The highest BCUT2D eigenvalue weighted by Gasteiger charge is 2.07. The minimum Gasteiger partial charge on any atom is -0.316 e. The highest BCUT2D eigenvalue weighted by atomic mass is 32.2. The number of carbonyl (C=O) groups is 1. The molecule has 0 aliphatic rings. The van der Waals surface area contributed by atoms with Crippen molar-refractivity contribution in [2.24, 2.45) is 5.92 Å². The summed E-state index contributed by atoms with van der Waals surface area (Å²) in [6, 6.07) is 9.48. The quantitative estimate of drug-likeness (QED) is 0.489. The fraction of sp³-hybridized carbons (Fsp3) is 0.533. The van der Waals surface area contributed by atoms with Crippen molar-refractivity contribution in [3.05, 3.63) is 35.9 Å². The third kappa shape index (κ3) is 7.65. The minimum atomic E-state index is 0.178. The van der Waals surface area contributed by atoms with Crippen LogP contribution in [0.4, 0.5) is 0 Å². The molecule has 0 fully saturated rings. The Kier molecular flexibility index (Phi) is 9.05. The number of hydrogen-bond donors (Lipinski definition) is 0. The molecule has 0 unspecified atom stereocenters. The molecule has 0 heterocycles. The van der Waals surface area contributed by atoms with E-state index in [-0.39, 0.29) is 5.12 Å². The highest BCUT2D eigenvalue weighted by molar-refractivity contribution is 8.14. The zero-order valence-corrected chi connectivity index (χ0v) is 13.3. The van der Waals surface area contributed by atoms with Crippen LogP contribution in [0.2, 0.25) is 0 Å². The molecular formula is C15H22O2S2. The fourth-order valence-electron chi connectivity index (χ4n) is 1.59. The summed E-state index contributed by atoms with van der Waals surface area (Å²) in [5, 5.41) is 0.178. The SMILES string of the molecule is CCOSC[C@@H](C)CCCSC(=O)c1ccccc1. The molecule has 0 amide bonds. The Morgan fingerprint density at radius 1 is 1.32 bits per heavy atom. The molecule has 0 bridgehead atoms. The van der Waals surface area contributed by atoms with Crippen LogP contribution in [0, 0.1) is 5.92 Å². The summed E-state index contributed by atoms with van der Waals surface area (Å²) in [6.45, 7) is 5.00. The number of hydrogen-bond acceptors (Lipinski definition) is 4. The maximum atomic E-state index is 11.8. The molecule has 0 spiro atoms. The molecule has 2 nitrogen and oxygen atoms in total. The number of rotatable bonds is 9. The van der Waals surface area contributed by atoms with Crippen molar-refractivity contribution in [2.45, 2.75) is 26.7 Å². The second-order valence-electron chi connectivity index (χ2n) is 4.44. The van der Waals surface area contributed by atoms with Crippen LogP contribution < -0.4 is 0 Å². The van der Waals surface area contributed by atoms with Crippen LogP contribution in [0.5, 0.6) is 0 Å². The molecule has 1 aromatic carbocycles.